The molecule has 3 aromatic rings. The molecule has 2 aromatic heterocycles. The van der Waals surface area contributed by atoms with Gasteiger partial charge >= 0.3 is 5.97 Å². The fourth-order valence-corrected chi connectivity index (χ4v) is 1.71. The van der Waals surface area contributed by atoms with E-state index in [-0.39, 0.29) is 11.5 Å². The number of benzene rings is 1. The molecule has 3 rings (SSSR count). The zero-order valence-electron chi connectivity index (χ0n) is 9.45. The van der Waals surface area contributed by atoms with Crippen molar-refractivity contribution in [2.75, 3.05) is 0 Å². The van der Waals surface area contributed by atoms with E-state index in [1.807, 2.05) is 0 Å². The van der Waals surface area contributed by atoms with Crippen LogP contribution < -0.4 is 5.56 Å². The number of fused-ring (bicyclic) bond motifs is 1. The predicted molar refractivity (Wildman–Crippen MR) is 64.8 cm³/mol. The average molecular weight is 257 g/mol. The standard InChI is InChI=1S/C12H7N3O4/c16-10-4-8(12(17)18)14-11(15-10)6-1-2-7-9(3-6)19-5-13-7/h1-5H,(H,17,18)(H,14,15,16). The van der Waals surface area contributed by atoms with Crippen molar-refractivity contribution in [2.45, 2.75) is 0 Å². The van der Waals surface area contributed by atoms with Gasteiger partial charge in [-0.15, -0.1) is 0 Å². The molecule has 0 saturated heterocycles. The van der Waals surface area contributed by atoms with Crippen LogP contribution in [0.4, 0.5) is 0 Å². The first-order valence-electron chi connectivity index (χ1n) is 5.32. The average Bonchev–Trinajstić information content (AvgIpc) is 2.85. The van der Waals surface area contributed by atoms with Crippen molar-refractivity contribution in [1.82, 2.24) is 15.0 Å². The minimum absolute atomic E-state index is 0.170. The van der Waals surface area contributed by atoms with Crippen molar-refractivity contribution >= 4 is 17.1 Å². The van der Waals surface area contributed by atoms with Crippen LogP contribution >= 0.6 is 0 Å². The highest BCUT2D eigenvalue weighted by atomic mass is 16.4. The van der Waals surface area contributed by atoms with Crippen LogP contribution in [-0.4, -0.2) is 26.0 Å². The number of carboxylic acid groups (broad SMARTS) is 1. The van der Waals surface area contributed by atoms with Gasteiger partial charge in [-0.2, -0.15) is 0 Å². The third kappa shape index (κ3) is 1.97. The van der Waals surface area contributed by atoms with Gasteiger partial charge in [-0.25, -0.2) is 14.8 Å². The lowest BCUT2D eigenvalue weighted by Gasteiger charge is -2.01. The number of aromatic carboxylic acids is 1. The quantitative estimate of drug-likeness (QED) is 0.715. The molecular formula is C12H7N3O4. The number of hydrogen-bond acceptors (Lipinski definition) is 5. The highest BCUT2D eigenvalue weighted by molar-refractivity contribution is 5.86. The topological polar surface area (TPSA) is 109 Å². The molecule has 0 amide bonds. The number of carbonyl (C=O) groups is 1. The van der Waals surface area contributed by atoms with Gasteiger partial charge in [0, 0.05) is 11.6 Å². The Morgan fingerprint density at radius 3 is 2.95 bits per heavy atom. The fraction of sp³-hybridized carbons (Fsp3) is 0. The third-order valence-corrected chi connectivity index (χ3v) is 2.57. The van der Waals surface area contributed by atoms with E-state index >= 15 is 0 Å². The Bertz CT molecular complexity index is 834. The molecule has 0 aliphatic carbocycles. The summed E-state index contributed by atoms with van der Waals surface area (Å²) < 4.78 is 5.14. The fourth-order valence-electron chi connectivity index (χ4n) is 1.71. The Morgan fingerprint density at radius 1 is 1.32 bits per heavy atom. The van der Waals surface area contributed by atoms with Crippen LogP contribution in [0.1, 0.15) is 10.5 Å². The van der Waals surface area contributed by atoms with Crippen LogP contribution in [0.3, 0.4) is 0 Å². The van der Waals surface area contributed by atoms with Gasteiger partial charge in [-0.05, 0) is 18.2 Å². The summed E-state index contributed by atoms with van der Waals surface area (Å²) in [6.45, 7) is 0. The SMILES string of the molecule is O=C(O)c1cc(=O)[nH]c(-c2ccc3ncoc3c2)n1. The first-order chi connectivity index (χ1) is 9.13. The van der Waals surface area contributed by atoms with Crippen molar-refractivity contribution in [3.8, 4) is 11.4 Å². The number of carboxylic acids is 1. The van der Waals surface area contributed by atoms with Crippen molar-refractivity contribution in [2.24, 2.45) is 0 Å². The molecule has 7 heteroatoms. The van der Waals surface area contributed by atoms with Gasteiger partial charge in [-0.3, -0.25) is 4.79 Å². The van der Waals surface area contributed by atoms with E-state index in [1.54, 1.807) is 18.2 Å². The molecule has 0 unspecified atom stereocenters. The first kappa shape index (κ1) is 11.1. The lowest BCUT2D eigenvalue weighted by Crippen LogP contribution is -2.13. The van der Waals surface area contributed by atoms with Crippen LogP contribution in [0.15, 0.2) is 39.9 Å². The van der Waals surface area contributed by atoms with Crippen LogP contribution in [0.5, 0.6) is 0 Å². The molecule has 1 aromatic carbocycles. The number of nitrogens with zero attached hydrogens (tertiary/aromatic N) is 2. The van der Waals surface area contributed by atoms with Crippen LogP contribution in [0, 0.1) is 0 Å². The van der Waals surface area contributed by atoms with E-state index in [4.69, 9.17) is 9.52 Å². The van der Waals surface area contributed by atoms with Crippen LogP contribution in [0.2, 0.25) is 0 Å². The second-order valence-corrected chi connectivity index (χ2v) is 3.82. The maximum atomic E-state index is 11.4. The van der Waals surface area contributed by atoms with E-state index < -0.39 is 11.5 Å². The maximum absolute atomic E-state index is 11.4. The van der Waals surface area contributed by atoms with Crippen molar-refractivity contribution < 1.29 is 14.3 Å². The third-order valence-electron chi connectivity index (χ3n) is 2.57. The Hall–Kier alpha value is -2.96. The van der Waals surface area contributed by atoms with Crippen LogP contribution in [-0.2, 0) is 0 Å². The van der Waals surface area contributed by atoms with E-state index in [9.17, 15) is 9.59 Å². The van der Waals surface area contributed by atoms with Gasteiger partial charge < -0.3 is 14.5 Å². The van der Waals surface area contributed by atoms with Gasteiger partial charge in [0.1, 0.15) is 11.3 Å². The maximum Gasteiger partial charge on any atom is 0.354 e. The molecule has 7 nitrogen and oxygen atoms in total. The molecule has 0 aliphatic rings. The second kappa shape index (κ2) is 4.05. The van der Waals surface area contributed by atoms with Gasteiger partial charge in [-0.1, -0.05) is 0 Å². The summed E-state index contributed by atoms with van der Waals surface area (Å²) in [6, 6.07) is 5.93. The highest BCUT2D eigenvalue weighted by Crippen LogP contribution is 2.20. The molecule has 2 N–H and O–H groups in total. The minimum atomic E-state index is -1.26. The Morgan fingerprint density at radius 2 is 2.16 bits per heavy atom. The molecule has 0 bridgehead atoms. The van der Waals surface area contributed by atoms with E-state index in [0.29, 0.717) is 16.7 Å². The number of nitrogens with one attached hydrogen (secondary N) is 1. The predicted octanol–water partition coefficient (Wildman–Crippen LogP) is 1.28. The first-order valence-corrected chi connectivity index (χ1v) is 5.32. The second-order valence-electron chi connectivity index (χ2n) is 3.82. The number of aromatic amines is 1. The molecule has 0 radical (unpaired) electrons. The molecular weight excluding hydrogens is 250 g/mol. The normalized spacial score (nSPS) is 10.7. The van der Waals surface area contributed by atoms with E-state index in [1.165, 1.54) is 6.39 Å². The van der Waals surface area contributed by atoms with Crippen molar-refractivity contribution in [3.63, 3.8) is 0 Å². The molecule has 0 fully saturated rings. The molecule has 0 aliphatic heterocycles. The minimum Gasteiger partial charge on any atom is -0.477 e. The summed E-state index contributed by atoms with van der Waals surface area (Å²) in [7, 11) is 0. The molecule has 0 atom stereocenters. The summed E-state index contributed by atoms with van der Waals surface area (Å²) in [5.41, 5.74) is 0.905. The van der Waals surface area contributed by atoms with Gasteiger partial charge in [0.05, 0.1) is 0 Å². The molecule has 2 heterocycles. The van der Waals surface area contributed by atoms with Crippen LogP contribution in [0.25, 0.3) is 22.5 Å². The molecule has 94 valence electrons. The Balaban J connectivity index is 2.19. The molecule has 0 spiro atoms. The number of oxazole rings is 1. The number of H-pyrrole nitrogens is 1. The number of aromatic nitrogens is 3. The summed E-state index contributed by atoms with van der Waals surface area (Å²) in [4.78, 5) is 32.6. The number of rotatable bonds is 2. The Labute approximate surface area is 105 Å². The monoisotopic (exact) mass is 257 g/mol. The van der Waals surface area contributed by atoms with E-state index in [2.05, 4.69) is 15.0 Å². The summed E-state index contributed by atoms with van der Waals surface area (Å²) in [5.74, 6) is -1.09. The highest BCUT2D eigenvalue weighted by Gasteiger charge is 2.10. The van der Waals surface area contributed by atoms with E-state index in [0.717, 1.165) is 6.07 Å². The Kier molecular flexibility index (Phi) is 2.38. The summed E-state index contributed by atoms with van der Waals surface area (Å²) in [6.07, 6.45) is 1.30. The largest absolute Gasteiger partial charge is 0.477 e. The number of hydrogen-bond donors (Lipinski definition) is 2. The zero-order valence-corrected chi connectivity index (χ0v) is 9.45. The van der Waals surface area contributed by atoms with Crippen molar-refractivity contribution in [1.29, 1.82) is 0 Å². The van der Waals surface area contributed by atoms with Crippen molar-refractivity contribution in [3.05, 3.63) is 46.7 Å². The summed E-state index contributed by atoms with van der Waals surface area (Å²) >= 11 is 0. The zero-order chi connectivity index (χ0) is 13.4. The van der Waals surface area contributed by atoms with Gasteiger partial charge in [0.25, 0.3) is 5.56 Å². The lowest BCUT2D eigenvalue weighted by atomic mass is 10.2. The van der Waals surface area contributed by atoms with Gasteiger partial charge in [0.15, 0.2) is 17.7 Å². The van der Waals surface area contributed by atoms with Gasteiger partial charge in [0.2, 0.25) is 0 Å². The molecule has 19 heavy (non-hydrogen) atoms. The lowest BCUT2D eigenvalue weighted by molar-refractivity contribution is 0.0690. The summed E-state index contributed by atoms with van der Waals surface area (Å²) in [5, 5.41) is 8.88. The smallest absolute Gasteiger partial charge is 0.354 e. The molecule has 0 saturated carbocycles.